The number of pyridine rings is 1. The molecule has 0 unspecified atom stereocenters. The first kappa shape index (κ1) is 19.1. The van der Waals surface area contributed by atoms with Crippen LogP contribution in [0, 0.1) is 0 Å². The molecule has 0 radical (unpaired) electrons. The summed E-state index contributed by atoms with van der Waals surface area (Å²) in [5.74, 6) is 0.598. The Kier molecular flexibility index (Phi) is 4.70. The van der Waals surface area contributed by atoms with Crippen molar-refractivity contribution in [2.24, 2.45) is 7.05 Å². The number of hydrogen-bond donors (Lipinski definition) is 0. The predicted octanol–water partition coefficient (Wildman–Crippen LogP) is 5.07. The lowest BCUT2D eigenvalue weighted by Gasteiger charge is -2.27. The summed E-state index contributed by atoms with van der Waals surface area (Å²) >= 11 is 6.09. The zero-order valence-corrected chi connectivity index (χ0v) is 17.5. The summed E-state index contributed by atoms with van der Waals surface area (Å²) in [5, 5.41) is 1.34. The van der Waals surface area contributed by atoms with Crippen LogP contribution in [0.2, 0.25) is 5.02 Å². The molecule has 1 aliphatic rings. The van der Waals surface area contributed by atoms with E-state index in [-0.39, 0.29) is 22.4 Å². The molecule has 0 spiro atoms. The molecule has 0 bridgehead atoms. The van der Waals surface area contributed by atoms with Gasteiger partial charge in [-0.15, -0.1) is 0 Å². The van der Waals surface area contributed by atoms with Crippen LogP contribution in [0.15, 0.2) is 58.1 Å². The van der Waals surface area contributed by atoms with Gasteiger partial charge in [-0.25, -0.2) is 4.98 Å². The van der Waals surface area contributed by atoms with Crippen molar-refractivity contribution in [2.75, 3.05) is 0 Å². The highest BCUT2D eigenvalue weighted by Gasteiger charge is 2.25. The molecule has 152 valence electrons. The third kappa shape index (κ3) is 2.96. The molecule has 0 aliphatic heterocycles. The molecule has 1 fully saturated rings. The second-order valence-corrected chi connectivity index (χ2v) is 8.45. The van der Waals surface area contributed by atoms with Crippen molar-refractivity contribution in [1.29, 1.82) is 0 Å². The Morgan fingerprint density at radius 1 is 0.967 bits per heavy atom. The van der Waals surface area contributed by atoms with Gasteiger partial charge in [-0.1, -0.05) is 43.0 Å². The van der Waals surface area contributed by atoms with Gasteiger partial charge in [0, 0.05) is 29.1 Å². The molecular formula is C24H22ClN3O2. The van der Waals surface area contributed by atoms with Gasteiger partial charge < -0.3 is 4.57 Å². The Morgan fingerprint density at radius 2 is 1.67 bits per heavy atom. The topological polar surface area (TPSA) is 56.9 Å². The number of fused-ring (bicyclic) bond motifs is 2. The maximum Gasteiger partial charge on any atom is 0.267 e. The molecule has 1 saturated carbocycles. The number of rotatable bonds is 2. The lowest BCUT2D eigenvalue weighted by atomic mass is 9.94. The van der Waals surface area contributed by atoms with Crippen LogP contribution in [-0.4, -0.2) is 14.1 Å². The summed E-state index contributed by atoms with van der Waals surface area (Å²) in [6.07, 6.45) is 5.16. The average Bonchev–Trinajstić information content (AvgIpc) is 2.78. The van der Waals surface area contributed by atoms with Crippen molar-refractivity contribution in [3.63, 3.8) is 0 Å². The third-order valence-corrected chi connectivity index (χ3v) is 6.45. The minimum atomic E-state index is -0.247. The molecule has 5 nitrogen and oxygen atoms in total. The monoisotopic (exact) mass is 419 g/mol. The first-order chi connectivity index (χ1) is 14.6. The summed E-state index contributed by atoms with van der Waals surface area (Å²) in [6, 6.07) is 14.8. The number of aryl methyl sites for hydroxylation is 1. The van der Waals surface area contributed by atoms with Crippen molar-refractivity contribution in [2.45, 2.75) is 38.1 Å². The minimum Gasteiger partial charge on any atom is -0.328 e. The van der Waals surface area contributed by atoms with Crippen LogP contribution in [0.5, 0.6) is 0 Å². The van der Waals surface area contributed by atoms with Gasteiger partial charge in [-0.05, 0) is 49.2 Å². The van der Waals surface area contributed by atoms with Gasteiger partial charge >= 0.3 is 0 Å². The molecule has 5 rings (SSSR count). The van der Waals surface area contributed by atoms with Crippen molar-refractivity contribution in [3.8, 4) is 11.4 Å². The quantitative estimate of drug-likeness (QED) is 0.426. The van der Waals surface area contributed by atoms with Crippen LogP contribution in [0.4, 0.5) is 0 Å². The van der Waals surface area contributed by atoms with Gasteiger partial charge in [-0.3, -0.25) is 14.2 Å². The highest BCUT2D eigenvalue weighted by Crippen LogP contribution is 2.31. The third-order valence-electron chi connectivity index (χ3n) is 6.19. The highest BCUT2D eigenvalue weighted by molar-refractivity contribution is 6.30. The van der Waals surface area contributed by atoms with Gasteiger partial charge in [0.05, 0.1) is 5.52 Å². The van der Waals surface area contributed by atoms with E-state index in [1.165, 1.54) is 6.42 Å². The summed E-state index contributed by atoms with van der Waals surface area (Å²) in [4.78, 5) is 32.0. The Hall–Kier alpha value is -2.92. The molecule has 0 saturated heterocycles. The molecule has 2 heterocycles. The van der Waals surface area contributed by atoms with E-state index >= 15 is 0 Å². The zero-order valence-electron chi connectivity index (χ0n) is 16.8. The Bertz CT molecular complexity index is 1380. The molecule has 0 amide bonds. The van der Waals surface area contributed by atoms with Gasteiger partial charge in [0.1, 0.15) is 11.2 Å². The molecule has 0 atom stereocenters. The summed E-state index contributed by atoms with van der Waals surface area (Å²) < 4.78 is 3.61. The molecule has 6 heteroatoms. The van der Waals surface area contributed by atoms with Crippen LogP contribution in [0.3, 0.4) is 0 Å². The van der Waals surface area contributed by atoms with Crippen molar-refractivity contribution < 1.29 is 0 Å². The van der Waals surface area contributed by atoms with E-state index in [2.05, 4.69) is 0 Å². The predicted molar refractivity (Wildman–Crippen MR) is 121 cm³/mol. The molecule has 1 aliphatic carbocycles. The van der Waals surface area contributed by atoms with E-state index < -0.39 is 0 Å². The lowest BCUT2D eigenvalue weighted by Crippen LogP contribution is -2.32. The SMILES string of the molecule is Cn1c2ccccc2c(=O)c2c(=O)n(C3CCCCC3)c(-c3ccc(Cl)cc3)nc21. The molecular weight excluding hydrogens is 398 g/mol. The van der Waals surface area contributed by atoms with Gasteiger partial charge in [0.15, 0.2) is 5.65 Å². The van der Waals surface area contributed by atoms with Gasteiger partial charge in [0.25, 0.3) is 5.56 Å². The van der Waals surface area contributed by atoms with E-state index in [1.54, 1.807) is 22.8 Å². The smallest absolute Gasteiger partial charge is 0.267 e. The molecule has 2 aromatic heterocycles. The molecule has 4 aromatic rings. The normalized spacial score (nSPS) is 15.1. The first-order valence-corrected chi connectivity index (χ1v) is 10.7. The molecule has 2 aromatic carbocycles. The van der Waals surface area contributed by atoms with Crippen LogP contribution in [0.25, 0.3) is 33.3 Å². The highest BCUT2D eigenvalue weighted by atomic mass is 35.5. The van der Waals surface area contributed by atoms with E-state index in [4.69, 9.17) is 16.6 Å². The number of aromatic nitrogens is 3. The minimum absolute atomic E-state index is 0.0463. The second-order valence-electron chi connectivity index (χ2n) is 8.01. The lowest BCUT2D eigenvalue weighted by molar-refractivity contribution is 0.348. The fourth-order valence-corrected chi connectivity index (χ4v) is 4.78. The zero-order chi connectivity index (χ0) is 20.8. The maximum absolute atomic E-state index is 13.8. The average molecular weight is 420 g/mol. The van der Waals surface area contributed by atoms with Crippen molar-refractivity contribution >= 4 is 33.5 Å². The Balaban J connectivity index is 1.92. The van der Waals surface area contributed by atoms with Crippen LogP contribution < -0.4 is 11.0 Å². The number of benzene rings is 2. The van der Waals surface area contributed by atoms with E-state index in [0.717, 1.165) is 36.8 Å². The molecule has 0 N–H and O–H groups in total. The van der Waals surface area contributed by atoms with Gasteiger partial charge in [-0.2, -0.15) is 0 Å². The summed E-state index contributed by atoms with van der Waals surface area (Å²) in [7, 11) is 1.85. The summed E-state index contributed by atoms with van der Waals surface area (Å²) in [6.45, 7) is 0. The van der Waals surface area contributed by atoms with E-state index in [1.807, 2.05) is 41.9 Å². The summed E-state index contributed by atoms with van der Waals surface area (Å²) in [5.41, 5.74) is 1.51. The van der Waals surface area contributed by atoms with E-state index in [0.29, 0.717) is 21.9 Å². The number of hydrogen-bond acceptors (Lipinski definition) is 3. The fraction of sp³-hybridized carbons (Fsp3) is 0.292. The first-order valence-electron chi connectivity index (χ1n) is 10.4. The van der Waals surface area contributed by atoms with Crippen LogP contribution >= 0.6 is 11.6 Å². The second kappa shape index (κ2) is 7.40. The maximum atomic E-state index is 13.8. The van der Waals surface area contributed by atoms with Crippen molar-refractivity contribution in [1.82, 2.24) is 14.1 Å². The number of nitrogens with zero attached hydrogens (tertiary/aromatic N) is 3. The number of halogens is 1. The Morgan fingerprint density at radius 3 is 2.40 bits per heavy atom. The van der Waals surface area contributed by atoms with Gasteiger partial charge in [0.2, 0.25) is 5.43 Å². The Labute approximate surface area is 178 Å². The molecule has 30 heavy (non-hydrogen) atoms. The van der Waals surface area contributed by atoms with E-state index in [9.17, 15) is 9.59 Å². The number of para-hydroxylation sites is 1. The van der Waals surface area contributed by atoms with Crippen LogP contribution in [0.1, 0.15) is 38.1 Å². The van der Waals surface area contributed by atoms with Crippen LogP contribution in [-0.2, 0) is 7.05 Å². The standard InChI is InChI=1S/C24H22ClN3O2/c1-27-19-10-6-5-9-18(19)21(29)20-23(27)26-22(15-11-13-16(25)14-12-15)28(24(20)30)17-7-3-2-4-8-17/h5-6,9-14,17H,2-4,7-8H2,1H3. The van der Waals surface area contributed by atoms with Crippen molar-refractivity contribution in [3.05, 3.63) is 74.1 Å². The largest absolute Gasteiger partial charge is 0.328 e. The fourth-order valence-electron chi connectivity index (χ4n) is 4.65.